The summed E-state index contributed by atoms with van der Waals surface area (Å²) in [6, 6.07) is 0. The Bertz CT molecular complexity index is 267. The summed E-state index contributed by atoms with van der Waals surface area (Å²) in [7, 11) is 0. The van der Waals surface area contributed by atoms with E-state index in [1.807, 2.05) is 6.92 Å². The van der Waals surface area contributed by atoms with Crippen LogP contribution in [0.5, 0.6) is 0 Å². The molecule has 0 saturated carbocycles. The number of unbranched alkanes of at least 4 members (excludes halogenated alkanes) is 2. The summed E-state index contributed by atoms with van der Waals surface area (Å²) in [6.45, 7) is 4.86. The molecule has 112 valence electrons. The summed E-state index contributed by atoms with van der Waals surface area (Å²) in [5, 5.41) is 0. The van der Waals surface area contributed by atoms with E-state index in [9.17, 15) is 9.59 Å². The molecule has 0 saturated heterocycles. The minimum absolute atomic E-state index is 0.0444. The number of rotatable bonds is 12. The molecule has 0 bridgehead atoms. The Morgan fingerprint density at radius 3 is 1.95 bits per heavy atom. The van der Waals surface area contributed by atoms with Crippen LogP contribution in [0.4, 0.5) is 0 Å². The molecule has 0 aliphatic heterocycles. The van der Waals surface area contributed by atoms with Gasteiger partial charge >= 0.3 is 0 Å². The Hall–Kier alpha value is -0.740. The molecular formula is C15H30N2O2. The Kier molecular flexibility index (Phi) is 10.7. The molecule has 0 aliphatic carbocycles. The number of ketones is 2. The first-order valence-corrected chi connectivity index (χ1v) is 7.46. The fourth-order valence-corrected chi connectivity index (χ4v) is 2.18. The van der Waals surface area contributed by atoms with E-state index < -0.39 is 0 Å². The van der Waals surface area contributed by atoms with Crippen molar-refractivity contribution in [3.05, 3.63) is 0 Å². The maximum atomic E-state index is 12.1. The molecule has 4 nitrogen and oxygen atoms in total. The maximum Gasteiger partial charge on any atom is 0.136 e. The summed E-state index contributed by atoms with van der Waals surface area (Å²) in [5.41, 5.74) is 10.9. The van der Waals surface area contributed by atoms with Gasteiger partial charge in [-0.15, -0.1) is 0 Å². The van der Waals surface area contributed by atoms with Crippen LogP contribution < -0.4 is 11.5 Å². The number of hydrogen-bond acceptors (Lipinski definition) is 4. The minimum Gasteiger partial charge on any atom is -0.330 e. The lowest BCUT2D eigenvalue weighted by Crippen LogP contribution is -2.21. The molecule has 0 unspecified atom stereocenters. The van der Waals surface area contributed by atoms with Gasteiger partial charge in [0.05, 0.1) is 0 Å². The summed E-state index contributed by atoms with van der Waals surface area (Å²) in [6.07, 6.45) is 5.85. The summed E-state index contributed by atoms with van der Waals surface area (Å²) in [4.78, 5) is 23.6. The van der Waals surface area contributed by atoms with Crippen LogP contribution in [0.25, 0.3) is 0 Å². The molecule has 4 N–H and O–H groups in total. The first kappa shape index (κ1) is 18.3. The highest BCUT2D eigenvalue weighted by Gasteiger charge is 2.21. The normalized spacial score (nSPS) is 14.1. The highest BCUT2D eigenvalue weighted by atomic mass is 16.1. The van der Waals surface area contributed by atoms with Crippen molar-refractivity contribution < 1.29 is 9.59 Å². The zero-order valence-electron chi connectivity index (χ0n) is 12.5. The van der Waals surface area contributed by atoms with Crippen molar-refractivity contribution >= 4 is 11.6 Å². The van der Waals surface area contributed by atoms with E-state index in [0.717, 1.165) is 38.5 Å². The lowest BCUT2D eigenvalue weighted by atomic mass is 9.87. The number of nitrogens with two attached hydrogens (primary N) is 2. The molecule has 2 atom stereocenters. The Morgan fingerprint density at radius 1 is 0.947 bits per heavy atom. The molecule has 0 heterocycles. The van der Waals surface area contributed by atoms with Crippen LogP contribution in [0.2, 0.25) is 0 Å². The second-order valence-corrected chi connectivity index (χ2v) is 5.45. The molecule has 0 spiro atoms. The van der Waals surface area contributed by atoms with Crippen molar-refractivity contribution in [1.82, 2.24) is 0 Å². The zero-order valence-corrected chi connectivity index (χ0v) is 12.5. The fraction of sp³-hybridized carbons (Fsp3) is 0.867. The Labute approximate surface area is 117 Å². The van der Waals surface area contributed by atoms with E-state index in [1.165, 1.54) is 0 Å². The monoisotopic (exact) mass is 270 g/mol. The van der Waals surface area contributed by atoms with Gasteiger partial charge in [-0.25, -0.2) is 0 Å². The van der Waals surface area contributed by atoms with Crippen LogP contribution in [-0.4, -0.2) is 24.7 Å². The summed E-state index contributed by atoms with van der Waals surface area (Å²) >= 11 is 0. The van der Waals surface area contributed by atoms with E-state index in [4.69, 9.17) is 11.5 Å². The van der Waals surface area contributed by atoms with Gasteiger partial charge in [0.1, 0.15) is 11.6 Å². The second-order valence-electron chi connectivity index (χ2n) is 5.45. The number of Topliss-reactive ketones (excluding diaryl/α,β-unsaturated/α-hetero) is 2. The number of hydrogen-bond donors (Lipinski definition) is 2. The third-order valence-corrected chi connectivity index (χ3v) is 3.67. The van der Waals surface area contributed by atoms with Gasteiger partial charge in [-0.3, -0.25) is 9.59 Å². The predicted octanol–water partition coefficient (Wildman–Crippen LogP) is 2.04. The van der Waals surface area contributed by atoms with E-state index in [-0.39, 0.29) is 23.4 Å². The van der Waals surface area contributed by atoms with Gasteiger partial charge in [0.2, 0.25) is 0 Å². The zero-order chi connectivity index (χ0) is 14.7. The average molecular weight is 270 g/mol. The molecule has 19 heavy (non-hydrogen) atoms. The second kappa shape index (κ2) is 11.1. The third-order valence-electron chi connectivity index (χ3n) is 3.67. The molecule has 0 aromatic rings. The molecule has 0 radical (unpaired) electrons. The van der Waals surface area contributed by atoms with Gasteiger partial charge in [-0.1, -0.05) is 19.8 Å². The van der Waals surface area contributed by atoms with Crippen LogP contribution in [-0.2, 0) is 9.59 Å². The van der Waals surface area contributed by atoms with Crippen LogP contribution in [0.1, 0.15) is 58.8 Å². The minimum atomic E-state index is -0.115. The van der Waals surface area contributed by atoms with Crippen molar-refractivity contribution in [1.29, 1.82) is 0 Å². The first-order chi connectivity index (χ1) is 9.02. The highest BCUT2D eigenvalue weighted by molar-refractivity contribution is 5.87. The first-order valence-electron chi connectivity index (χ1n) is 7.46. The largest absolute Gasteiger partial charge is 0.330 e. The molecule has 4 heteroatoms. The van der Waals surface area contributed by atoms with E-state index in [0.29, 0.717) is 19.5 Å². The molecule has 0 aliphatic rings. The molecular weight excluding hydrogens is 240 g/mol. The van der Waals surface area contributed by atoms with E-state index in [1.54, 1.807) is 6.92 Å². The SMILES string of the molecule is CC(=O)[C@H](CCCCN)CC(=O)[C@@H](C)CCCCN. The maximum absolute atomic E-state index is 12.1. The number of carbonyl (C=O) groups is 2. The predicted molar refractivity (Wildman–Crippen MR) is 78.8 cm³/mol. The van der Waals surface area contributed by atoms with Gasteiger partial charge in [0.25, 0.3) is 0 Å². The lowest BCUT2D eigenvalue weighted by molar-refractivity contribution is -0.129. The van der Waals surface area contributed by atoms with Gasteiger partial charge in [-0.2, -0.15) is 0 Å². The van der Waals surface area contributed by atoms with Crippen molar-refractivity contribution in [3.8, 4) is 0 Å². The lowest BCUT2D eigenvalue weighted by Gasteiger charge is -2.16. The van der Waals surface area contributed by atoms with Gasteiger partial charge in [-0.05, 0) is 45.7 Å². The Balaban J connectivity index is 4.11. The summed E-state index contributed by atoms with van der Waals surface area (Å²) < 4.78 is 0. The average Bonchev–Trinajstić information content (AvgIpc) is 2.37. The molecule has 0 rings (SSSR count). The van der Waals surface area contributed by atoms with Crippen LogP contribution in [0.3, 0.4) is 0 Å². The van der Waals surface area contributed by atoms with Crippen LogP contribution in [0, 0.1) is 11.8 Å². The van der Waals surface area contributed by atoms with E-state index in [2.05, 4.69) is 0 Å². The topological polar surface area (TPSA) is 86.2 Å². The molecule has 0 aromatic carbocycles. The third kappa shape index (κ3) is 8.89. The van der Waals surface area contributed by atoms with Crippen molar-refractivity contribution in [2.45, 2.75) is 58.8 Å². The van der Waals surface area contributed by atoms with Gasteiger partial charge < -0.3 is 11.5 Å². The molecule has 0 fully saturated rings. The van der Waals surface area contributed by atoms with Crippen molar-refractivity contribution in [2.75, 3.05) is 13.1 Å². The molecule has 0 amide bonds. The Morgan fingerprint density at radius 2 is 1.47 bits per heavy atom. The van der Waals surface area contributed by atoms with Crippen LogP contribution >= 0.6 is 0 Å². The smallest absolute Gasteiger partial charge is 0.136 e. The summed E-state index contributed by atoms with van der Waals surface area (Å²) in [5.74, 6) is 0.267. The fourth-order valence-electron chi connectivity index (χ4n) is 2.18. The van der Waals surface area contributed by atoms with Crippen molar-refractivity contribution in [2.24, 2.45) is 23.3 Å². The highest BCUT2D eigenvalue weighted by Crippen LogP contribution is 2.19. The van der Waals surface area contributed by atoms with Gasteiger partial charge in [0, 0.05) is 18.3 Å². The standard InChI is InChI=1S/C15H30N2O2/c1-12(7-3-5-9-16)15(19)11-14(13(2)18)8-4-6-10-17/h12,14H,3-11,16-17H2,1-2H3/t12-,14+/m0/s1. The quantitative estimate of drug-likeness (QED) is 0.531. The van der Waals surface area contributed by atoms with E-state index >= 15 is 0 Å². The van der Waals surface area contributed by atoms with Crippen molar-refractivity contribution in [3.63, 3.8) is 0 Å². The van der Waals surface area contributed by atoms with Crippen LogP contribution in [0.15, 0.2) is 0 Å². The van der Waals surface area contributed by atoms with Gasteiger partial charge in [0.15, 0.2) is 0 Å². The molecule has 0 aromatic heterocycles. The number of carbonyl (C=O) groups excluding carboxylic acids is 2.